The van der Waals surface area contributed by atoms with Gasteiger partial charge < -0.3 is 20.4 Å². The summed E-state index contributed by atoms with van der Waals surface area (Å²) in [6, 6.07) is 8.84. The lowest BCUT2D eigenvalue weighted by Gasteiger charge is -2.12. The first kappa shape index (κ1) is 23.6. The van der Waals surface area contributed by atoms with Gasteiger partial charge >= 0.3 is 0 Å². The highest BCUT2D eigenvalue weighted by molar-refractivity contribution is 14.0. The van der Waals surface area contributed by atoms with E-state index in [9.17, 15) is 4.79 Å². The molecule has 6 nitrogen and oxygen atoms in total. The number of guanidine groups is 1. The number of carbonyl (C=O) groups excluding carboxylic acids is 1. The van der Waals surface area contributed by atoms with Crippen molar-refractivity contribution in [3.05, 3.63) is 58.0 Å². The van der Waals surface area contributed by atoms with Crippen molar-refractivity contribution < 1.29 is 9.21 Å². The van der Waals surface area contributed by atoms with Gasteiger partial charge in [0, 0.05) is 36.7 Å². The highest BCUT2D eigenvalue weighted by Crippen LogP contribution is 2.21. The van der Waals surface area contributed by atoms with E-state index >= 15 is 0 Å². The third kappa shape index (κ3) is 8.40. The first-order valence-corrected chi connectivity index (χ1v) is 9.06. The molecule has 1 amide bonds. The van der Waals surface area contributed by atoms with E-state index in [1.165, 1.54) is 6.26 Å². The second-order valence-corrected chi connectivity index (χ2v) is 6.34. The van der Waals surface area contributed by atoms with Gasteiger partial charge in [-0.2, -0.15) is 0 Å². The van der Waals surface area contributed by atoms with Crippen molar-refractivity contribution in [2.75, 3.05) is 26.7 Å². The second kappa shape index (κ2) is 12.9. The molecule has 148 valence electrons. The van der Waals surface area contributed by atoms with Crippen LogP contribution in [0.4, 0.5) is 0 Å². The summed E-state index contributed by atoms with van der Waals surface area (Å²) >= 11 is 12.1. The number of benzene rings is 1. The number of hydrogen-bond donors (Lipinski definition) is 3. The first-order valence-electron chi connectivity index (χ1n) is 8.30. The topological polar surface area (TPSA) is 78.7 Å². The molecule has 0 fully saturated rings. The Morgan fingerprint density at radius 1 is 1.11 bits per heavy atom. The van der Waals surface area contributed by atoms with Crippen LogP contribution in [0.3, 0.4) is 0 Å². The summed E-state index contributed by atoms with van der Waals surface area (Å²) in [7, 11) is 1.70. The van der Waals surface area contributed by atoms with E-state index in [1.807, 2.05) is 12.1 Å². The van der Waals surface area contributed by atoms with Crippen molar-refractivity contribution in [3.63, 3.8) is 0 Å². The molecule has 2 aromatic rings. The van der Waals surface area contributed by atoms with Crippen LogP contribution < -0.4 is 16.0 Å². The Hall–Kier alpha value is -1.45. The zero-order valence-electron chi connectivity index (χ0n) is 14.9. The second-order valence-electron chi connectivity index (χ2n) is 5.50. The number of hydrogen-bond acceptors (Lipinski definition) is 3. The summed E-state index contributed by atoms with van der Waals surface area (Å²) in [4.78, 5) is 15.9. The molecule has 0 aliphatic rings. The van der Waals surface area contributed by atoms with Crippen molar-refractivity contribution >= 4 is 59.0 Å². The van der Waals surface area contributed by atoms with E-state index in [0.29, 0.717) is 34.9 Å². The van der Waals surface area contributed by atoms with Gasteiger partial charge in [-0.25, -0.2) is 0 Å². The Morgan fingerprint density at radius 2 is 1.85 bits per heavy atom. The molecule has 0 saturated carbocycles. The molecule has 0 spiro atoms. The Balaban J connectivity index is 0.00000364. The molecule has 0 aliphatic heterocycles. The van der Waals surface area contributed by atoms with E-state index in [1.54, 1.807) is 25.2 Å². The molecule has 27 heavy (non-hydrogen) atoms. The number of amides is 1. The number of aryl methyl sites for hydroxylation is 1. The van der Waals surface area contributed by atoms with Crippen LogP contribution in [0.1, 0.15) is 22.5 Å². The number of rotatable bonds is 8. The number of nitrogens with one attached hydrogen (secondary N) is 3. The van der Waals surface area contributed by atoms with E-state index < -0.39 is 0 Å². The number of halogens is 3. The molecule has 9 heteroatoms. The summed E-state index contributed by atoms with van der Waals surface area (Å²) < 4.78 is 5.03. The summed E-state index contributed by atoms with van der Waals surface area (Å²) in [5.41, 5.74) is 1.07. The van der Waals surface area contributed by atoms with Crippen molar-refractivity contribution in [3.8, 4) is 0 Å². The quantitative estimate of drug-likeness (QED) is 0.213. The maximum atomic E-state index is 11.7. The van der Waals surface area contributed by atoms with Crippen molar-refractivity contribution in [1.82, 2.24) is 16.0 Å². The zero-order chi connectivity index (χ0) is 18.8. The number of nitrogens with zero attached hydrogens (tertiary/aromatic N) is 1. The van der Waals surface area contributed by atoms with Gasteiger partial charge in [0.2, 0.25) is 0 Å². The van der Waals surface area contributed by atoms with Crippen LogP contribution in [0.15, 0.2) is 46.0 Å². The first-order chi connectivity index (χ1) is 12.6. The molecule has 1 heterocycles. The molecule has 0 radical (unpaired) electrons. The lowest BCUT2D eigenvalue weighted by molar-refractivity contribution is 0.0926. The summed E-state index contributed by atoms with van der Waals surface area (Å²) in [5.74, 6) is 0.743. The van der Waals surface area contributed by atoms with Gasteiger partial charge in [0.15, 0.2) is 11.7 Å². The molecule has 0 unspecified atom stereocenters. The van der Waals surface area contributed by atoms with Gasteiger partial charge in [0.25, 0.3) is 5.91 Å². The predicted molar refractivity (Wildman–Crippen MR) is 121 cm³/mol. The third-order valence-electron chi connectivity index (χ3n) is 3.60. The molecule has 0 saturated heterocycles. The lowest BCUT2D eigenvalue weighted by atomic mass is 10.1. The van der Waals surface area contributed by atoms with Gasteiger partial charge in [0.05, 0.1) is 6.26 Å². The average Bonchev–Trinajstić information content (AvgIpc) is 3.16. The summed E-state index contributed by atoms with van der Waals surface area (Å²) in [6.45, 7) is 1.76. The van der Waals surface area contributed by atoms with Crippen molar-refractivity contribution in [2.24, 2.45) is 4.99 Å². The number of aliphatic imine (C=N–C) groups is 1. The predicted octanol–water partition coefficient (Wildman–Crippen LogP) is 3.73. The van der Waals surface area contributed by atoms with E-state index in [4.69, 9.17) is 27.6 Å². The van der Waals surface area contributed by atoms with E-state index in [2.05, 4.69) is 20.9 Å². The van der Waals surface area contributed by atoms with Crippen LogP contribution in [-0.4, -0.2) is 38.5 Å². The fourth-order valence-electron chi connectivity index (χ4n) is 2.28. The smallest absolute Gasteiger partial charge is 0.287 e. The molecule has 1 aromatic carbocycles. The highest BCUT2D eigenvalue weighted by Gasteiger charge is 2.07. The monoisotopic (exact) mass is 524 g/mol. The highest BCUT2D eigenvalue weighted by atomic mass is 127. The fraction of sp³-hybridized carbons (Fsp3) is 0.333. The van der Waals surface area contributed by atoms with Gasteiger partial charge in [-0.3, -0.25) is 9.79 Å². The SMILES string of the molecule is CN=C(NCCCc1ccc(Cl)cc1Cl)NCCNC(=O)c1ccco1.I. The third-order valence-corrected chi connectivity index (χ3v) is 4.19. The van der Waals surface area contributed by atoms with Crippen LogP contribution in [0, 0.1) is 0 Å². The zero-order valence-corrected chi connectivity index (χ0v) is 18.8. The van der Waals surface area contributed by atoms with Crippen LogP contribution >= 0.6 is 47.2 Å². The molecule has 1 aromatic heterocycles. The van der Waals surface area contributed by atoms with Gasteiger partial charge in [-0.15, -0.1) is 24.0 Å². The minimum atomic E-state index is -0.236. The molecular weight excluding hydrogens is 502 g/mol. The van der Waals surface area contributed by atoms with Crippen LogP contribution in [0.25, 0.3) is 0 Å². The normalized spacial score (nSPS) is 10.9. The van der Waals surface area contributed by atoms with E-state index in [0.717, 1.165) is 24.9 Å². The maximum Gasteiger partial charge on any atom is 0.287 e. The maximum absolute atomic E-state index is 11.7. The van der Waals surface area contributed by atoms with Crippen LogP contribution in [-0.2, 0) is 6.42 Å². The molecular formula is C18H23Cl2IN4O2. The van der Waals surface area contributed by atoms with Gasteiger partial charge in [-0.05, 0) is 42.7 Å². The Morgan fingerprint density at radius 3 is 2.52 bits per heavy atom. The molecule has 2 rings (SSSR count). The van der Waals surface area contributed by atoms with E-state index in [-0.39, 0.29) is 29.9 Å². The van der Waals surface area contributed by atoms with Crippen LogP contribution in [0.5, 0.6) is 0 Å². The lowest BCUT2D eigenvalue weighted by Crippen LogP contribution is -2.41. The summed E-state index contributed by atoms with van der Waals surface area (Å²) in [6.07, 6.45) is 3.21. The Kier molecular flexibility index (Phi) is 11.2. The molecule has 0 atom stereocenters. The van der Waals surface area contributed by atoms with Crippen LogP contribution in [0.2, 0.25) is 10.0 Å². The van der Waals surface area contributed by atoms with Crippen molar-refractivity contribution in [1.29, 1.82) is 0 Å². The minimum absolute atomic E-state index is 0. The summed E-state index contributed by atoms with van der Waals surface area (Å²) in [5, 5.41) is 10.4. The molecule has 3 N–H and O–H groups in total. The van der Waals surface area contributed by atoms with Gasteiger partial charge in [-0.1, -0.05) is 29.3 Å². The molecule has 0 aliphatic carbocycles. The van der Waals surface area contributed by atoms with Gasteiger partial charge in [0.1, 0.15) is 0 Å². The number of carbonyl (C=O) groups is 1. The van der Waals surface area contributed by atoms with Crippen molar-refractivity contribution in [2.45, 2.75) is 12.8 Å². The largest absolute Gasteiger partial charge is 0.459 e. The minimum Gasteiger partial charge on any atom is -0.459 e. The Labute approximate surface area is 186 Å². The fourth-order valence-corrected chi connectivity index (χ4v) is 2.79. The number of furan rings is 1. The standard InChI is InChI=1S/C18H22Cl2N4O2.HI/c1-21-18(24-10-9-22-17(25)16-5-3-11-26-16)23-8-2-4-13-6-7-14(19)12-15(13)20;/h3,5-7,11-12H,2,4,8-10H2,1H3,(H,22,25)(H2,21,23,24);1H. The average molecular weight is 525 g/mol. The molecule has 0 bridgehead atoms. The Bertz CT molecular complexity index is 739.